The molecule has 0 radical (unpaired) electrons. The van der Waals surface area contributed by atoms with Gasteiger partial charge in [-0.15, -0.1) is 0 Å². The van der Waals surface area contributed by atoms with Gasteiger partial charge in [0.2, 0.25) is 11.7 Å². The molecule has 0 unspecified atom stereocenters. The first kappa shape index (κ1) is 13.0. The Labute approximate surface area is 120 Å². The molecule has 0 aromatic carbocycles. The highest BCUT2D eigenvalue weighted by Crippen LogP contribution is 2.30. The molecular formula is C15H12N4O2. The van der Waals surface area contributed by atoms with Crippen LogP contribution in [0, 0.1) is 0 Å². The van der Waals surface area contributed by atoms with Crippen LogP contribution < -0.4 is 0 Å². The number of rotatable bonds is 3. The number of aromatic nitrogens is 4. The molecule has 1 N–H and O–H groups in total. The molecule has 0 saturated heterocycles. The molecule has 0 aliphatic rings. The minimum absolute atomic E-state index is 0.151. The van der Waals surface area contributed by atoms with Crippen molar-refractivity contribution >= 4 is 5.78 Å². The van der Waals surface area contributed by atoms with Crippen molar-refractivity contribution in [3.8, 4) is 17.1 Å². The van der Waals surface area contributed by atoms with Gasteiger partial charge in [-0.1, -0.05) is 0 Å². The molecule has 0 atom stereocenters. The van der Waals surface area contributed by atoms with Crippen molar-refractivity contribution in [2.75, 3.05) is 0 Å². The Bertz CT molecular complexity index is 782. The molecule has 3 rings (SSSR count). The SMILES string of the molecule is Cn1nc(-c2cccnc2)c(C(=O)c2cccnc2)c1O. The minimum Gasteiger partial charge on any atom is -0.493 e. The molecule has 6 heteroatoms. The second kappa shape index (κ2) is 5.16. The number of hydrogen-bond acceptors (Lipinski definition) is 5. The van der Waals surface area contributed by atoms with Crippen LogP contribution in [0.3, 0.4) is 0 Å². The maximum atomic E-state index is 12.6. The van der Waals surface area contributed by atoms with Crippen LogP contribution in [0.25, 0.3) is 11.3 Å². The Balaban J connectivity index is 2.17. The molecule has 3 aromatic rings. The highest BCUT2D eigenvalue weighted by Gasteiger charge is 2.24. The van der Waals surface area contributed by atoms with Crippen LogP contribution in [-0.2, 0) is 7.05 Å². The number of pyridine rings is 2. The van der Waals surface area contributed by atoms with Gasteiger partial charge in [-0.25, -0.2) is 4.68 Å². The standard InChI is InChI=1S/C15H12N4O2/c1-19-15(21)12(14(20)11-5-3-7-17-9-11)13(18-19)10-4-2-6-16-8-10/h2-9,21H,1H3. The van der Waals surface area contributed by atoms with E-state index in [0.717, 1.165) is 0 Å². The predicted molar refractivity (Wildman–Crippen MR) is 75.8 cm³/mol. The fraction of sp³-hybridized carbons (Fsp3) is 0.0667. The van der Waals surface area contributed by atoms with Gasteiger partial charge in [0.25, 0.3) is 0 Å². The van der Waals surface area contributed by atoms with Gasteiger partial charge in [0, 0.05) is 43.0 Å². The fourth-order valence-electron chi connectivity index (χ4n) is 2.07. The van der Waals surface area contributed by atoms with Crippen molar-refractivity contribution in [1.82, 2.24) is 19.7 Å². The first-order valence-electron chi connectivity index (χ1n) is 6.29. The van der Waals surface area contributed by atoms with Crippen LogP contribution in [0.4, 0.5) is 0 Å². The smallest absolute Gasteiger partial charge is 0.221 e. The van der Waals surface area contributed by atoms with Gasteiger partial charge in [-0.2, -0.15) is 5.10 Å². The lowest BCUT2D eigenvalue weighted by Gasteiger charge is -2.02. The number of hydrogen-bond donors (Lipinski definition) is 1. The molecule has 6 nitrogen and oxygen atoms in total. The van der Waals surface area contributed by atoms with Crippen molar-refractivity contribution < 1.29 is 9.90 Å². The van der Waals surface area contributed by atoms with Crippen LogP contribution in [0.15, 0.2) is 49.1 Å². The summed E-state index contributed by atoms with van der Waals surface area (Å²) >= 11 is 0. The predicted octanol–water partition coefficient (Wildman–Crippen LogP) is 1.81. The van der Waals surface area contributed by atoms with Gasteiger partial charge < -0.3 is 5.11 Å². The van der Waals surface area contributed by atoms with Gasteiger partial charge in [-0.05, 0) is 24.3 Å². The van der Waals surface area contributed by atoms with Gasteiger partial charge >= 0.3 is 0 Å². The maximum absolute atomic E-state index is 12.6. The van der Waals surface area contributed by atoms with E-state index in [1.807, 2.05) is 0 Å². The van der Waals surface area contributed by atoms with Gasteiger partial charge in [0.15, 0.2) is 0 Å². The second-order valence-electron chi connectivity index (χ2n) is 4.48. The largest absolute Gasteiger partial charge is 0.493 e. The summed E-state index contributed by atoms with van der Waals surface area (Å²) < 4.78 is 1.27. The average Bonchev–Trinajstić information content (AvgIpc) is 2.84. The number of ketones is 1. The number of carbonyl (C=O) groups excluding carboxylic acids is 1. The lowest BCUT2D eigenvalue weighted by atomic mass is 10.0. The Morgan fingerprint density at radius 1 is 1.14 bits per heavy atom. The summed E-state index contributed by atoms with van der Waals surface area (Å²) in [5.74, 6) is -0.504. The number of nitrogens with zero attached hydrogens (tertiary/aromatic N) is 4. The molecule has 0 saturated carbocycles. The van der Waals surface area contributed by atoms with Crippen molar-refractivity contribution in [1.29, 1.82) is 0 Å². The summed E-state index contributed by atoms with van der Waals surface area (Å²) in [6, 6.07) is 6.85. The molecule has 3 heterocycles. The van der Waals surface area contributed by atoms with Crippen LogP contribution in [-0.4, -0.2) is 30.6 Å². The lowest BCUT2D eigenvalue weighted by Crippen LogP contribution is -2.03. The summed E-state index contributed by atoms with van der Waals surface area (Å²) in [6.45, 7) is 0. The zero-order valence-electron chi connectivity index (χ0n) is 11.3. The molecule has 0 aliphatic heterocycles. The highest BCUT2D eigenvalue weighted by atomic mass is 16.3. The van der Waals surface area contributed by atoms with E-state index in [2.05, 4.69) is 15.1 Å². The number of carbonyl (C=O) groups is 1. The van der Waals surface area contributed by atoms with Crippen LogP contribution in [0.2, 0.25) is 0 Å². The number of aryl methyl sites for hydroxylation is 1. The zero-order valence-corrected chi connectivity index (χ0v) is 11.3. The highest BCUT2D eigenvalue weighted by molar-refractivity contribution is 6.13. The molecular weight excluding hydrogens is 268 g/mol. The van der Waals surface area contributed by atoms with E-state index in [-0.39, 0.29) is 17.2 Å². The Hall–Kier alpha value is -3.02. The third kappa shape index (κ3) is 2.27. The third-order valence-corrected chi connectivity index (χ3v) is 3.10. The third-order valence-electron chi connectivity index (χ3n) is 3.10. The summed E-state index contributed by atoms with van der Waals surface area (Å²) in [5, 5.41) is 14.4. The molecule has 0 bridgehead atoms. The minimum atomic E-state index is -0.326. The van der Waals surface area contributed by atoms with E-state index >= 15 is 0 Å². The summed E-state index contributed by atoms with van der Waals surface area (Å²) in [5.41, 5.74) is 1.61. The molecule has 0 fully saturated rings. The Morgan fingerprint density at radius 3 is 2.48 bits per heavy atom. The fourth-order valence-corrected chi connectivity index (χ4v) is 2.07. The maximum Gasteiger partial charge on any atom is 0.221 e. The van der Waals surface area contributed by atoms with Crippen molar-refractivity contribution in [2.24, 2.45) is 7.05 Å². The molecule has 0 amide bonds. The first-order chi connectivity index (χ1) is 10.2. The summed E-state index contributed by atoms with van der Waals surface area (Å²) in [6.07, 6.45) is 6.28. The number of aromatic hydroxyl groups is 1. The van der Waals surface area contributed by atoms with E-state index in [9.17, 15) is 9.90 Å². The zero-order chi connectivity index (χ0) is 14.8. The van der Waals surface area contributed by atoms with E-state index in [1.165, 1.54) is 10.9 Å². The average molecular weight is 280 g/mol. The van der Waals surface area contributed by atoms with Gasteiger partial charge in [0.05, 0.1) is 0 Å². The topological polar surface area (TPSA) is 80.9 Å². The van der Waals surface area contributed by atoms with Crippen molar-refractivity contribution in [3.05, 3.63) is 60.2 Å². The molecule has 0 spiro atoms. The molecule has 3 aromatic heterocycles. The van der Waals surface area contributed by atoms with Gasteiger partial charge in [-0.3, -0.25) is 14.8 Å². The van der Waals surface area contributed by atoms with E-state index in [0.29, 0.717) is 16.8 Å². The lowest BCUT2D eigenvalue weighted by molar-refractivity contribution is 0.103. The van der Waals surface area contributed by atoms with Crippen molar-refractivity contribution in [3.63, 3.8) is 0 Å². The van der Waals surface area contributed by atoms with Crippen LogP contribution in [0.5, 0.6) is 5.88 Å². The summed E-state index contributed by atoms with van der Waals surface area (Å²) in [4.78, 5) is 20.5. The molecule has 104 valence electrons. The Morgan fingerprint density at radius 2 is 1.86 bits per heavy atom. The monoisotopic (exact) mass is 280 g/mol. The second-order valence-corrected chi connectivity index (χ2v) is 4.48. The van der Waals surface area contributed by atoms with E-state index in [1.54, 1.807) is 49.9 Å². The molecule has 0 aliphatic carbocycles. The van der Waals surface area contributed by atoms with E-state index in [4.69, 9.17) is 0 Å². The van der Waals surface area contributed by atoms with Crippen molar-refractivity contribution in [2.45, 2.75) is 0 Å². The van der Waals surface area contributed by atoms with Crippen LogP contribution >= 0.6 is 0 Å². The van der Waals surface area contributed by atoms with Crippen LogP contribution in [0.1, 0.15) is 15.9 Å². The molecule has 21 heavy (non-hydrogen) atoms. The summed E-state index contributed by atoms with van der Waals surface area (Å²) in [7, 11) is 1.58. The van der Waals surface area contributed by atoms with E-state index < -0.39 is 0 Å². The Kier molecular flexibility index (Phi) is 3.19. The quantitative estimate of drug-likeness (QED) is 0.740. The first-order valence-corrected chi connectivity index (χ1v) is 6.29. The van der Waals surface area contributed by atoms with Gasteiger partial charge in [0.1, 0.15) is 11.3 Å². The normalized spacial score (nSPS) is 10.5.